The van der Waals surface area contributed by atoms with Gasteiger partial charge in [-0.25, -0.2) is 0 Å². The van der Waals surface area contributed by atoms with Crippen LogP contribution < -0.4 is 5.73 Å². The summed E-state index contributed by atoms with van der Waals surface area (Å²) in [5.74, 6) is -1.13. The highest BCUT2D eigenvalue weighted by molar-refractivity contribution is 5.79. The van der Waals surface area contributed by atoms with Gasteiger partial charge in [0.15, 0.2) is 0 Å². The largest absolute Gasteiger partial charge is 0.464 e. The van der Waals surface area contributed by atoms with Crippen molar-refractivity contribution in [2.75, 3.05) is 13.2 Å². The molecule has 34 heavy (non-hydrogen) atoms. The van der Waals surface area contributed by atoms with Crippen LogP contribution in [-0.2, 0) is 19.1 Å². The molecule has 3 rings (SSSR count). The lowest BCUT2D eigenvalue weighted by molar-refractivity contribution is -0.162. The summed E-state index contributed by atoms with van der Waals surface area (Å²) in [6, 6.07) is 16.6. The van der Waals surface area contributed by atoms with E-state index in [0.717, 1.165) is 12.8 Å². The summed E-state index contributed by atoms with van der Waals surface area (Å²) in [6.45, 7) is 8.45. The van der Waals surface area contributed by atoms with E-state index in [1.807, 2.05) is 52.0 Å². The fourth-order valence-electron chi connectivity index (χ4n) is 4.75. The minimum Gasteiger partial charge on any atom is -0.464 e. The number of unbranched alkanes of at least 4 members (excludes halogenated alkanes) is 1. The van der Waals surface area contributed by atoms with Crippen molar-refractivity contribution in [3.8, 4) is 11.1 Å². The van der Waals surface area contributed by atoms with Gasteiger partial charge in [-0.05, 0) is 75.3 Å². The molecule has 1 aliphatic carbocycles. The van der Waals surface area contributed by atoms with Crippen LogP contribution in [0, 0.1) is 11.8 Å². The van der Waals surface area contributed by atoms with Gasteiger partial charge in [-0.3, -0.25) is 9.59 Å². The molecule has 2 unspecified atom stereocenters. The van der Waals surface area contributed by atoms with E-state index >= 15 is 0 Å². The van der Waals surface area contributed by atoms with Crippen molar-refractivity contribution in [1.29, 1.82) is 0 Å². The molecule has 2 aromatic rings. The summed E-state index contributed by atoms with van der Waals surface area (Å²) in [5.41, 5.74) is 9.88. The number of carbonyl (C=O) groups excluding carboxylic acids is 2. The van der Waals surface area contributed by atoms with Crippen LogP contribution in [0.3, 0.4) is 0 Å². The summed E-state index contributed by atoms with van der Waals surface area (Å²) >= 11 is 0. The van der Waals surface area contributed by atoms with Gasteiger partial charge in [0, 0.05) is 5.92 Å². The van der Waals surface area contributed by atoms with Gasteiger partial charge in [-0.15, -0.1) is 0 Å². The van der Waals surface area contributed by atoms with Gasteiger partial charge in [-0.2, -0.15) is 0 Å². The number of nitrogens with two attached hydrogens (primary N) is 1. The van der Waals surface area contributed by atoms with Crippen molar-refractivity contribution < 1.29 is 19.1 Å². The summed E-state index contributed by atoms with van der Waals surface area (Å²) in [6.07, 6.45) is 3.40. The summed E-state index contributed by atoms with van der Waals surface area (Å²) in [5, 5.41) is 0. The molecule has 2 aromatic carbocycles. The van der Waals surface area contributed by atoms with E-state index in [1.54, 1.807) is 0 Å². The third kappa shape index (κ3) is 6.47. The third-order valence-electron chi connectivity index (χ3n) is 6.50. The Morgan fingerprint density at radius 1 is 0.912 bits per heavy atom. The van der Waals surface area contributed by atoms with Gasteiger partial charge in [0.1, 0.15) is 12.2 Å². The lowest BCUT2D eigenvalue weighted by atomic mass is 9.88. The van der Waals surface area contributed by atoms with E-state index in [4.69, 9.17) is 15.2 Å². The Hall–Kier alpha value is -2.66. The average Bonchev–Trinajstić information content (AvgIpc) is 3.12. The number of hydrogen-bond acceptors (Lipinski definition) is 5. The Bertz CT molecular complexity index is 933. The Labute approximate surface area is 204 Å². The number of hydrogen-bond donors (Lipinski definition) is 1. The van der Waals surface area contributed by atoms with Crippen LogP contribution in [0.4, 0.5) is 0 Å². The van der Waals surface area contributed by atoms with Crippen molar-refractivity contribution in [2.24, 2.45) is 17.6 Å². The molecule has 0 saturated heterocycles. The molecule has 0 fully saturated rings. The standard InChI is InChI=1S/C29H39NO4/c1-5-20(18-21(12-10-11-17-30)28(32)34-29(2,3)4)27(31)33-19-26-24-15-8-6-13-22(24)23-14-7-9-16-25(23)26/h6-9,13-16,20-21,26H,5,10-12,17-19,30H2,1-4H3. The number of benzene rings is 2. The summed E-state index contributed by atoms with van der Waals surface area (Å²) in [4.78, 5) is 26.0. The zero-order chi connectivity index (χ0) is 24.7. The smallest absolute Gasteiger partial charge is 0.309 e. The minimum atomic E-state index is -0.561. The van der Waals surface area contributed by atoms with E-state index in [-0.39, 0.29) is 29.7 Å². The first-order valence-electron chi connectivity index (χ1n) is 12.5. The molecule has 0 heterocycles. The SMILES string of the molecule is CCC(CC(CCCCN)C(=O)OC(C)(C)C)C(=O)OCC1c2ccccc2-c2ccccc21. The van der Waals surface area contributed by atoms with E-state index < -0.39 is 5.60 Å². The van der Waals surface area contributed by atoms with Gasteiger partial charge in [0.05, 0.1) is 11.8 Å². The van der Waals surface area contributed by atoms with Crippen molar-refractivity contribution in [1.82, 2.24) is 0 Å². The van der Waals surface area contributed by atoms with Crippen LogP contribution in [0.15, 0.2) is 48.5 Å². The lowest BCUT2D eigenvalue weighted by Crippen LogP contribution is -2.31. The van der Waals surface area contributed by atoms with Gasteiger partial charge >= 0.3 is 11.9 Å². The summed E-state index contributed by atoms with van der Waals surface area (Å²) < 4.78 is 11.5. The minimum absolute atomic E-state index is 0.0278. The average molecular weight is 466 g/mol. The first kappa shape index (κ1) is 26.0. The Balaban J connectivity index is 1.68. The Morgan fingerprint density at radius 2 is 1.50 bits per heavy atom. The van der Waals surface area contributed by atoms with Crippen LogP contribution in [0.5, 0.6) is 0 Å². The fraction of sp³-hybridized carbons (Fsp3) is 0.517. The van der Waals surface area contributed by atoms with E-state index in [9.17, 15) is 9.59 Å². The molecule has 5 heteroatoms. The van der Waals surface area contributed by atoms with Gasteiger partial charge < -0.3 is 15.2 Å². The second-order valence-electron chi connectivity index (χ2n) is 10.2. The van der Waals surface area contributed by atoms with E-state index in [0.29, 0.717) is 32.4 Å². The normalized spacial score (nSPS) is 14.7. The molecule has 2 atom stereocenters. The fourth-order valence-corrected chi connectivity index (χ4v) is 4.75. The van der Waals surface area contributed by atoms with Gasteiger partial charge in [-0.1, -0.05) is 61.9 Å². The number of esters is 2. The van der Waals surface area contributed by atoms with Crippen molar-refractivity contribution in [2.45, 2.75) is 71.3 Å². The van der Waals surface area contributed by atoms with Crippen molar-refractivity contribution in [3.63, 3.8) is 0 Å². The monoisotopic (exact) mass is 465 g/mol. The highest BCUT2D eigenvalue weighted by Crippen LogP contribution is 2.44. The van der Waals surface area contributed by atoms with E-state index in [1.165, 1.54) is 22.3 Å². The predicted molar refractivity (Wildman–Crippen MR) is 135 cm³/mol. The number of fused-ring (bicyclic) bond motifs is 3. The number of rotatable bonds is 11. The third-order valence-corrected chi connectivity index (χ3v) is 6.50. The molecule has 0 aliphatic heterocycles. The van der Waals surface area contributed by atoms with Crippen molar-refractivity contribution in [3.05, 3.63) is 59.7 Å². The zero-order valence-electron chi connectivity index (χ0n) is 21.0. The molecule has 1 aliphatic rings. The molecule has 5 nitrogen and oxygen atoms in total. The predicted octanol–water partition coefficient (Wildman–Crippen LogP) is 5.85. The highest BCUT2D eigenvalue weighted by atomic mass is 16.6. The van der Waals surface area contributed by atoms with Gasteiger partial charge in [0.25, 0.3) is 0 Å². The Kier molecular flexibility index (Phi) is 8.90. The van der Waals surface area contributed by atoms with E-state index in [2.05, 4.69) is 24.3 Å². The molecule has 0 bridgehead atoms. The maximum absolute atomic E-state index is 13.1. The molecule has 184 valence electrons. The summed E-state index contributed by atoms with van der Waals surface area (Å²) in [7, 11) is 0. The zero-order valence-corrected chi connectivity index (χ0v) is 21.0. The van der Waals surface area contributed by atoms with Gasteiger partial charge in [0.2, 0.25) is 0 Å². The molecule has 0 aromatic heterocycles. The molecule has 0 spiro atoms. The highest BCUT2D eigenvalue weighted by Gasteiger charge is 2.33. The molecule has 0 amide bonds. The molecular formula is C29H39NO4. The Morgan fingerprint density at radius 3 is 2.03 bits per heavy atom. The lowest BCUT2D eigenvalue weighted by Gasteiger charge is -2.26. The van der Waals surface area contributed by atoms with Crippen LogP contribution in [0.1, 0.15) is 76.8 Å². The second-order valence-corrected chi connectivity index (χ2v) is 10.2. The van der Waals surface area contributed by atoms with Crippen LogP contribution in [-0.4, -0.2) is 30.7 Å². The molecule has 0 radical (unpaired) electrons. The maximum Gasteiger partial charge on any atom is 0.309 e. The van der Waals surface area contributed by atoms with Crippen LogP contribution in [0.2, 0.25) is 0 Å². The first-order chi connectivity index (χ1) is 16.2. The first-order valence-corrected chi connectivity index (χ1v) is 12.5. The quantitative estimate of drug-likeness (QED) is 0.333. The topological polar surface area (TPSA) is 78.6 Å². The van der Waals surface area contributed by atoms with Crippen LogP contribution in [0.25, 0.3) is 11.1 Å². The van der Waals surface area contributed by atoms with Crippen LogP contribution >= 0.6 is 0 Å². The molecule has 2 N–H and O–H groups in total. The van der Waals surface area contributed by atoms with Crippen molar-refractivity contribution >= 4 is 11.9 Å². The second kappa shape index (κ2) is 11.7. The molecular weight excluding hydrogens is 426 g/mol. The molecule has 0 saturated carbocycles. The maximum atomic E-state index is 13.1. The number of ether oxygens (including phenoxy) is 2. The number of carbonyl (C=O) groups is 2.